The fourth-order valence-corrected chi connectivity index (χ4v) is 4.92. The number of benzene rings is 5. The summed E-state index contributed by atoms with van der Waals surface area (Å²) in [6.45, 7) is 5.05. The summed E-state index contributed by atoms with van der Waals surface area (Å²) in [6.07, 6.45) is 0. The minimum Gasteiger partial charge on any atom is -0.342 e. The van der Waals surface area contributed by atoms with Gasteiger partial charge in [-0.25, -0.2) is 0 Å². The highest BCUT2D eigenvalue weighted by atomic mass is 16.1. The third kappa shape index (κ3) is 3.19. The molecule has 5 aromatic rings. The Labute approximate surface area is 199 Å². The lowest BCUT2D eigenvalue weighted by Gasteiger charge is -2.25. The number of rotatable bonds is 3. The molecule has 1 N–H and O–H groups in total. The van der Waals surface area contributed by atoms with E-state index in [1.165, 1.54) is 0 Å². The van der Waals surface area contributed by atoms with Crippen molar-refractivity contribution in [2.24, 2.45) is 0 Å². The number of anilines is 4. The van der Waals surface area contributed by atoms with E-state index >= 15 is 0 Å². The Morgan fingerprint density at radius 3 is 1.97 bits per heavy atom. The summed E-state index contributed by atoms with van der Waals surface area (Å²) in [4.78, 5) is 16.3. The SMILES string of the molecule is CC(=O)Nc1ccc2ccccc2c1-c1c(N2[C]N(C)c3ccccc32)ccc2ccccc12. The second-order valence-corrected chi connectivity index (χ2v) is 8.55. The van der Waals surface area contributed by atoms with Gasteiger partial charge in [0.1, 0.15) is 0 Å². The summed E-state index contributed by atoms with van der Waals surface area (Å²) in [5, 5.41) is 7.56. The number of carbonyl (C=O) groups excluding carboxylic acids is 1. The van der Waals surface area contributed by atoms with Gasteiger partial charge >= 0.3 is 0 Å². The first kappa shape index (κ1) is 20.3. The van der Waals surface area contributed by atoms with Crippen molar-refractivity contribution in [3.05, 3.63) is 104 Å². The highest BCUT2D eigenvalue weighted by Gasteiger charge is 2.29. The molecule has 6 rings (SSSR count). The first-order chi connectivity index (χ1) is 16.6. The predicted molar refractivity (Wildman–Crippen MR) is 141 cm³/mol. The number of nitrogens with zero attached hydrogens (tertiary/aromatic N) is 2. The van der Waals surface area contributed by atoms with Crippen LogP contribution in [0, 0.1) is 6.67 Å². The van der Waals surface area contributed by atoms with Crippen LogP contribution in [0.4, 0.5) is 22.7 Å². The van der Waals surface area contributed by atoms with Crippen LogP contribution in [0.2, 0.25) is 0 Å². The Morgan fingerprint density at radius 1 is 0.676 bits per heavy atom. The lowest BCUT2D eigenvalue weighted by atomic mass is 9.90. The highest BCUT2D eigenvalue weighted by Crippen LogP contribution is 2.50. The number of amides is 1. The van der Waals surface area contributed by atoms with E-state index in [9.17, 15) is 4.79 Å². The van der Waals surface area contributed by atoms with E-state index in [1.54, 1.807) is 6.92 Å². The molecule has 2 radical (unpaired) electrons. The van der Waals surface area contributed by atoms with Crippen molar-refractivity contribution in [3.63, 3.8) is 0 Å². The first-order valence-corrected chi connectivity index (χ1v) is 11.3. The van der Waals surface area contributed by atoms with Crippen molar-refractivity contribution in [1.82, 2.24) is 0 Å². The molecule has 4 nitrogen and oxygen atoms in total. The van der Waals surface area contributed by atoms with Crippen molar-refractivity contribution >= 4 is 50.2 Å². The zero-order valence-corrected chi connectivity index (χ0v) is 19.0. The van der Waals surface area contributed by atoms with Crippen LogP contribution in [0.5, 0.6) is 0 Å². The second-order valence-electron chi connectivity index (χ2n) is 8.55. The van der Waals surface area contributed by atoms with E-state index in [4.69, 9.17) is 0 Å². The normalized spacial score (nSPS) is 12.9. The molecule has 1 amide bonds. The second kappa shape index (κ2) is 7.92. The molecule has 0 bridgehead atoms. The van der Waals surface area contributed by atoms with Gasteiger partial charge in [-0.3, -0.25) is 4.79 Å². The lowest BCUT2D eigenvalue weighted by molar-refractivity contribution is -0.114. The number of fused-ring (bicyclic) bond motifs is 3. The average molecular weight is 442 g/mol. The van der Waals surface area contributed by atoms with Gasteiger partial charge in [0.05, 0.1) is 17.1 Å². The monoisotopic (exact) mass is 441 g/mol. The maximum Gasteiger partial charge on any atom is 0.221 e. The van der Waals surface area contributed by atoms with Crippen molar-refractivity contribution < 1.29 is 4.79 Å². The van der Waals surface area contributed by atoms with Gasteiger partial charge in [0.2, 0.25) is 12.6 Å². The van der Waals surface area contributed by atoms with Crippen LogP contribution >= 0.6 is 0 Å². The van der Waals surface area contributed by atoms with Crippen LogP contribution in [0.3, 0.4) is 0 Å². The van der Waals surface area contributed by atoms with Gasteiger partial charge in [-0.05, 0) is 45.8 Å². The number of para-hydroxylation sites is 2. The Balaban J connectivity index is 1.73. The minimum atomic E-state index is -0.0947. The van der Waals surface area contributed by atoms with E-state index in [2.05, 4.69) is 83.6 Å². The summed E-state index contributed by atoms with van der Waals surface area (Å²) in [6, 6.07) is 33.4. The summed E-state index contributed by atoms with van der Waals surface area (Å²) >= 11 is 0. The van der Waals surface area contributed by atoms with Crippen LogP contribution in [-0.4, -0.2) is 13.0 Å². The van der Waals surface area contributed by atoms with Crippen molar-refractivity contribution in [2.75, 3.05) is 22.2 Å². The van der Waals surface area contributed by atoms with Crippen LogP contribution in [0.1, 0.15) is 6.92 Å². The third-order valence-corrected chi connectivity index (χ3v) is 6.37. The Bertz CT molecular complexity index is 1570. The predicted octanol–water partition coefficient (Wildman–Crippen LogP) is 7.20. The van der Waals surface area contributed by atoms with Gasteiger partial charge in [0, 0.05) is 30.8 Å². The molecular formula is C30H23N3O. The molecule has 4 heteroatoms. The van der Waals surface area contributed by atoms with E-state index in [0.717, 1.165) is 55.4 Å². The van der Waals surface area contributed by atoms with Gasteiger partial charge < -0.3 is 15.1 Å². The fraction of sp³-hybridized carbons (Fsp3) is 0.0667. The quantitative estimate of drug-likeness (QED) is 0.321. The van der Waals surface area contributed by atoms with Crippen LogP contribution in [-0.2, 0) is 4.79 Å². The third-order valence-electron chi connectivity index (χ3n) is 6.37. The molecular weight excluding hydrogens is 418 g/mol. The molecule has 0 saturated carbocycles. The Hall–Kier alpha value is -4.31. The number of hydrogen-bond acceptors (Lipinski definition) is 3. The van der Waals surface area contributed by atoms with Crippen molar-refractivity contribution in [1.29, 1.82) is 0 Å². The first-order valence-electron chi connectivity index (χ1n) is 11.3. The van der Waals surface area contributed by atoms with E-state index in [0.29, 0.717) is 0 Å². The fourth-order valence-electron chi connectivity index (χ4n) is 4.92. The topological polar surface area (TPSA) is 35.6 Å². The average Bonchev–Trinajstić information content (AvgIpc) is 3.19. The molecule has 164 valence electrons. The van der Waals surface area contributed by atoms with E-state index in [1.807, 2.05) is 42.3 Å². The molecule has 1 heterocycles. The molecule has 1 aliphatic rings. The van der Waals surface area contributed by atoms with Crippen LogP contribution < -0.4 is 15.1 Å². The Morgan fingerprint density at radius 2 is 1.26 bits per heavy atom. The van der Waals surface area contributed by atoms with Gasteiger partial charge in [-0.15, -0.1) is 0 Å². The molecule has 5 aromatic carbocycles. The molecule has 0 fully saturated rings. The summed E-state index contributed by atoms with van der Waals surface area (Å²) in [5.41, 5.74) is 6.05. The molecule has 1 aliphatic heterocycles. The molecule has 34 heavy (non-hydrogen) atoms. The van der Waals surface area contributed by atoms with Gasteiger partial charge in [-0.2, -0.15) is 0 Å². The highest BCUT2D eigenvalue weighted by molar-refractivity contribution is 6.16. The lowest BCUT2D eigenvalue weighted by Crippen LogP contribution is -2.18. The summed E-state index contributed by atoms with van der Waals surface area (Å²) in [5.74, 6) is -0.0947. The number of carbonyl (C=O) groups is 1. The molecule has 0 aromatic heterocycles. The molecule has 0 aliphatic carbocycles. The maximum absolute atomic E-state index is 12.2. The maximum atomic E-state index is 12.2. The molecule has 0 saturated heterocycles. The van der Waals surface area contributed by atoms with Crippen molar-refractivity contribution in [3.8, 4) is 11.1 Å². The van der Waals surface area contributed by atoms with E-state index < -0.39 is 0 Å². The molecule has 0 atom stereocenters. The Kier molecular flexibility index (Phi) is 4.73. The zero-order valence-electron chi connectivity index (χ0n) is 19.0. The molecule has 0 unspecified atom stereocenters. The van der Waals surface area contributed by atoms with Crippen LogP contribution in [0.25, 0.3) is 32.7 Å². The zero-order chi connectivity index (χ0) is 23.2. The van der Waals surface area contributed by atoms with Crippen molar-refractivity contribution in [2.45, 2.75) is 6.92 Å². The minimum absolute atomic E-state index is 0.0947. The number of hydrogen-bond donors (Lipinski definition) is 1. The summed E-state index contributed by atoms with van der Waals surface area (Å²) in [7, 11) is 2.01. The molecule has 0 spiro atoms. The van der Waals surface area contributed by atoms with Gasteiger partial charge in [-0.1, -0.05) is 72.8 Å². The summed E-state index contributed by atoms with van der Waals surface area (Å²) < 4.78 is 0. The van der Waals surface area contributed by atoms with Gasteiger partial charge in [0.15, 0.2) is 0 Å². The number of nitrogens with one attached hydrogen (secondary N) is 1. The van der Waals surface area contributed by atoms with Gasteiger partial charge in [0.25, 0.3) is 0 Å². The van der Waals surface area contributed by atoms with E-state index in [-0.39, 0.29) is 5.91 Å². The van der Waals surface area contributed by atoms with Crippen LogP contribution in [0.15, 0.2) is 97.1 Å². The smallest absolute Gasteiger partial charge is 0.221 e. The standard InChI is InChI=1S/C30H23N3O/c1-20(34)31-25-17-15-21-9-3-5-11-23(21)29(25)30-24-12-6-4-10-22(24)16-18-28(30)33-19-32(2)26-13-7-8-14-27(26)33/h3-18H,1-2H3,(H,31,34). The largest absolute Gasteiger partial charge is 0.342 e.